The van der Waals surface area contributed by atoms with Gasteiger partial charge in [-0.25, -0.2) is 4.39 Å². The molecule has 0 aliphatic carbocycles. The van der Waals surface area contributed by atoms with E-state index in [2.05, 4.69) is 5.32 Å². The van der Waals surface area contributed by atoms with Gasteiger partial charge in [-0.3, -0.25) is 19.3 Å². The van der Waals surface area contributed by atoms with Crippen molar-refractivity contribution in [2.24, 2.45) is 0 Å². The molecular formula is C22H21FN2O4S. The van der Waals surface area contributed by atoms with Crippen molar-refractivity contribution in [3.63, 3.8) is 0 Å². The molecular weight excluding hydrogens is 407 g/mol. The lowest BCUT2D eigenvalue weighted by Gasteiger charge is -2.13. The third-order valence-electron chi connectivity index (χ3n) is 4.49. The average molecular weight is 428 g/mol. The molecule has 30 heavy (non-hydrogen) atoms. The molecule has 8 heteroatoms. The van der Waals surface area contributed by atoms with Crippen LogP contribution in [-0.2, 0) is 16.0 Å². The average Bonchev–Trinajstić information content (AvgIpc) is 3.00. The molecule has 0 saturated carbocycles. The second-order valence-corrected chi connectivity index (χ2v) is 7.56. The Bertz CT molecular complexity index is 978. The summed E-state index contributed by atoms with van der Waals surface area (Å²) in [4.78, 5) is 38.1. The highest BCUT2D eigenvalue weighted by Gasteiger charge is 2.34. The molecule has 0 bridgehead atoms. The maximum atomic E-state index is 13.7. The Balaban J connectivity index is 1.46. The van der Waals surface area contributed by atoms with E-state index in [9.17, 15) is 18.8 Å². The van der Waals surface area contributed by atoms with E-state index in [0.29, 0.717) is 16.9 Å². The van der Waals surface area contributed by atoms with Gasteiger partial charge in [0.05, 0.1) is 12.0 Å². The van der Waals surface area contributed by atoms with Gasteiger partial charge < -0.3 is 10.1 Å². The van der Waals surface area contributed by atoms with Crippen LogP contribution in [0.4, 0.5) is 9.18 Å². The van der Waals surface area contributed by atoms with Crippen molar-refractivity contribution in [1.29, 1.82) is 0 Å². The summed E-state index contributed by atoms with van der Waals surface area (Å²) < 4.78 is 18.6. The molecule has 156 valence electrons. The largest absolute Gasteiger partial charge is 0.494 e. The van der Waals surface area contributed by atoms with E-state index < -0.39 is 5.82 Å². The first kappa shape index (κ1) is 21.6. The molecule has 0 radical (unpaired) electrons. The third-order valence-corrected chi connectivity index (χ3v) is 5.39. The Morgan fingerprint density at radius 3 is 2.67 bits per heavy atom. The highest BCUT2D eigenvalue weighted by Crippen LogP contribution is 2.31. The van der Waals surface area contributed by atoms with Gasteiger partial charge in [-0.2, -0.15) is 0 Å². The molecule has 3 amide bonds. The zero-order chi connectivity index (χ0) is 21.5. The van der Waals surface area contributed by atoms with Crippen LogP contribution in [0.2, 0.25) is 0 Å². The van der Waals surface area contributed by atoms with Crippen LogP contribution < -0.4 is 10.1 Å². The number of benzene rings is 2. The zero-order valence-corrected chi connectivity index (χ0v) is 17.2. The summed E-state index contributed by atoms with van der Waals surface area (Å²) >= 11 is 0.887. The number of methoxy groups -OCH3 is 1. The lowest BCUT2D eigenvalue weighted by atomic mass is 10.1. The smallest absolute Gasteiger partial charge is 0.293 e. The number of imide groups is 1. The summed E-state index contributed by atoms with van der Waals surface area (Å²) in [6.45, 7) is 0.256. The van der Waals surface area contributed by atoms with Gasteiger partial charge in [0.15, 0.2) is 11.6 Å². The second kappa shape index (κ2) is 10.1. The maximum Gasteiger partial charge on any atom is 0.293 e. The van der Waals surface area contributed by atoms with E-state index in [-0.39, 0.29) is 42.3 Å². The molecule has 1 aliphatic heterocycles. The fraction of sp³-hybridized carbons (Fsp3) is 0.227. The number of hydrogen-bond donors (Lipinski definition) is 1. The quantitative estimate of drug-likeness (QED) is 0.650. The van der Waals surface area contributed by atoms with Crippen molar-refractivity contribution >= 4 is 34.9 Å². The van der Waals surface area contributed by atoms with Gasteiger partial charge in [-0.15, -0.1) is 0 Å². The van der Waals surface area contributed by atoms with Gasteiger partial charge in [-0.1, -0.05) is 36.4 Å². The molecule has 1 heterocycles. The number of halogens is 1. The molecule has 0 atom stereocenters. The van der Waals surface area contributed by atoms with Crippen LogP contribution in [0.3, 0.4) is 0 Å². The summed E-state index contributed by atoms with van der Waals surface area (Å²) in [5.74, 6) is -0.921. The Kier molecular flexibility index (Phi) is 7.24. The van der Waals surface area contributed by atoms with Crippen LogP contribution in [0.25, 0.3) is 6.08 Å². The number of hydrogen-bond acceptors (Lipinski definition) is 5. The fourth-order valence-electron chi connectivity index (χ4n) is 2.91. The zero-order valence-electron chi connectivity index (χ0n) is 16.4. The van der Waals surface area contributed by atoms with Crippen molar-refractivity contribution in [3.8, 4) is 5.75 Å². The second-order valence-electron chi connectivity index (χ2n) is 6.56. The van der Waals surface area contributed by atoms with Crippen molar-refractivity contribution in [2.45, 2.75) is 12.8 Å². The molecule has 1 saturated heterocycles. The van der Waals surface area contributed by atoms with E-state index in [4.69, 9.17) is 4.74 Å². The minimum Gasteiger partial charge on any atom is -0.494 e. The number of rotatable bonds is 8. The van der Waals surface area contributed by atoms with Crippen molar-refractivity contribution < 1.29 is 23.5 Å². The van der Waals surface area contributed by atoms with Crippen LogP contribution in [0.5, 0.6) is 5.75 Å². The number of ether oxygens (including phenoxy) is 1. The van der Waals surface area contributed by atoms with Crippen LogP contribution in [0.15, 0.2) is 53.4 Å². The first-order valence-corrected chi connectivity index (χ1v) is 10.2. The Morgan fingerprint density at radius 2 is 1.97 bits per heavy atom. The van der Waals surface area contributed by atoms with Crippen molar-refractivity contribution in [3.05, 3.63) is 70.4 Å². The molecule has 3 rings (SSSR count). The van der Waals surface area contributed by atoms with Gasteiger partial charge in [0.1, 0.15) is 0 Å². The molecule has 0 spiro atoms. The van der Waals surface area contributed by atoms with Crippen LogP contribution in [0.1, 0.15) is 17.5 Å². The number of nitrogens with zero attached hydrogens (tertiary/aromatic N) is 1. The van der Waals surface area contributed by atoms with E-state index >= 15 is 0 Å². The molecule has 2 aromatic carbocycles. The first-order chi connectivity index (χ1) is 14.5. The van der Waals surface area contributed by atoms with Gasteiger partial charge in [0.25, 0.3) is 11.1 Å². The molecule has 1 fully saturated rings. The fourth-order valence-corrected chi connectivity index (χ4v) is 3.78. The number of nitrogens with one attached hydrogen (secondary N) is 1. The summed E-state index contributed by atoms with van der Waals surface area (Å²) in [7, 11) is 1.39. The highest BCUT2D eigenvalue weighted by molar-refractivity contribution is 8.18. The minimum absolute atomic E-state index is 0.0969. The number of carbonyl (C=O) groups is 3. The number of carbonyl (C=O) groups excluding carboxylic acids is 3. The lowest BCUT2D eigenvalue weighted by molar-refractivity contribution is -0.124. The predicted octanol–water partition coefficient (Wildman–Crippen LogP) is 3.62. The summed E-state index contributed by atoms with van der Waals surface area (Å²) in [5.41, 5.74) is 1.52. The molecule has 0 aromatic heterocycles. The minimum atomic E-state index is -0.474. The van der Waals surface area contributed by atoms with Crippen LogP contribution in [0, 0.1) is 5.82 Å². The number of thioether (sulfide) groups is 1. The Labute approximate surface area is 178 Å². The predicted molar refractivity (Wildman–Crippen MR) is 113 cm³/mol. The number of aryl methyl sites for hydroxylation is 1. The topological polar surface area (TPSA) is 75.7 Å². The van der Waals surface area contributed by atoms with Gasteiger partial charge in [-0.05, 0) is 47.5 Å². The highest BCUT2D eigenvalue weighted by atomic mass is 32.2. The van der Waals surface area contributed by atoms with E-state index in [1.54, 1.807) is 12.1 Å². The molecule has 6 nitrogen and oxygen atoms in total. The van der Waals surface area contributed by atoms with Gasteiger partial charge in [0, 0.05) is 19.5 Å². The standard InChI is InChI=1S/C22H21FN2O4S/c1-29-18-9-7-16(13-17(18)23)8-10-20(26)24-11-12-25-21(27)19(30-22(25)28)14-15-5-3-2-4-6-15/h2-7,9,13-14H,8,10-12H2,1H3,(H,24,26)/b19-14-. The normalized spacial score (nSPS) is 15.0. The van der Waals surface area contributed by atoms with Crippen LogP contribution in [-0.4, -0.2) is 42.2 Å². The summed E-state index contributed by atoms with van der Waals surface area (Å²) in [5, 5.41) is 2.33. The lowest BCUT2D eigenvalue weighted by Crippen LogP contribution is -2.37. The van der Waals surface area contributed by atoms with Crippen molar-refractivity contribution in [1.82, 2.24) is 10.2 Å². The molecule has 1 N–H and O–H groups in total. The van der Waals surface area contributed by atoms with E-state index in [0.717, 1.165) is 22.2 Å². The summed E-state index contributed by atoms with van der Waals surface area (Å²) in [6, 6.07) is 13.8. The molecule has 1 aliphatic rings. The SMILES string of the molecule is COc1ccc(CCC(=O)NCCN2C(=O)S/C(=C\c3ccccc3)C2=O)cc1F. The third kappa shape index (κ3) is 5.48. The van der Waals surface area contributed by atoms with Gasteiger partial charge in [0.2, 0.25) is 5.91 Å². The Hall–Kier alpha value is -3.13. The van der Waals surface area contributed by atoms with Crippen molar-refractivity contribution in [2.75, 3.05) is 20.2 Å². The molecule has 2 aromatic rings. The van der Waals surface area contributed by atoms with Crippen LogP contribution >= 0.6 is 11.8 Å². The van der Waals surface area contributed by atoms with Gasteiger partial charge >= 0.3 is 0 Å². The monoisotopic (exact) mass is 428 g/mol. The van der Waals surface area contributed by atoms with E-state index in [1.807, 2.05) is 30.3 Å². The summed E-state index contributed by atoms with van der Waals surface area (Å²) in [6.07, 6.45) is 2.22. The Morgan fingerprint density at radius 1 is 1.20 bits per heavy atom. The van der Waals surface area contributed by atoms with E-state index in [1.165, 1.54) is 19.2 Å². The number of amides is 3. The molecule has 0 unspecified atom stereocenters. The first-order valence-electron chi connectivity index (χ1n) is 9.37. The maximum absolute atomic E-state index is 13.7.